The highest BCUT2D eigenvalue weighted by Crippen LogP contribution is 2.69. The Balaban J connectivity index is 1.41. The third-order valence-corrected chi connectivity index (χ3v) is 17.3. The van der Waals surface area contributed by atoms with E-state index in [2.05, 4.69) is 9.88 Å². The largest absolute Gasteiger partial charge is 0.392 e. The smallest absolute Gasteiger partial charge is 0.265 e. The van der Waals surface area contributed by atoms with E-state index in [-0.39, 0.29) is 24.1 Å². The number of hydrogen-bond acceptors (Lipinski definition) is 11. The number of hydrogen-bond donors (Lipinski definition) is 3. The Morgan fingerprint density at radius 1 is 0.812 bits per heavy atom. The summed E-state index contributed by atoms with van der Waals surface area (Å²) in [5.41, 5.74) is 2.02. The van der Waals surface area contributed by atoms with E-state index < -0.39 is 50.3 Å². The number of aromatic nitrogens is 1. The molecule has 3 N–H and O–H groups in total. The van der Waals surface area contributed by atoms with Crippen LogP contribution in [0.25, 0.3) is 10.9 Å². The molecule has 3 aromatic rings. The fourth-order valence-electron chi connectivity index (χ4n) is 8.58. The lowest BCUT2D eigenvalue weighted by molar-refractivity contribution is -0.166. The lowest BCUT2D eigenvalue weighted by atomic mass is 9.86. The van der Waals surface area contributed by atoms with Gasteiger partial charge in [0.05, 0.1) is 13.2 Å². The molecule has 0 aliphatic carbocycles. The van der Waals surface area contributed by atoms with Crippen molar-refractivity contribution in [2.45, 2.75) is 37.6 Å². The van der Waals surface area contributed by atoms with Crippen LogP contribution in [0.4, 0.5) is 5.69 Å². The number of amides is 4. The van der Waals surface area contributed by atoms with Gasteiger partial charge in [0.1, 0.15) is 11.7 Å². The minimum atomic E-state index is -1.50. The summed E-state index contributed by atoms with van der Waals surface area (Å²) in [6.07, 6.45) is 4.92. The van der Waals surface area contributed by atoms with Crippen LogP contribution in [-0.4, -0.2) is 126 Å². The van der Waals surface area contributed by atoms with Crippen LogP contribution in [-0.2, 0) is 29.6 Å². The first-order chi connectivity index (χ1) is 22.9. The van der Waals surface area contributed by atoms with E-state index in [0.717, 1.165) is 33.9 Å². The zero-order valence-electron chi connectivity index (χ0n) is 26.8. The van der Waals surface area contributed by atoms with Gasteiger partial charge in [-0.1, -0.05) is 47.2 Å². The minimum absolute atomic E-state index is 0.218. The second-order valence-corrected chi connectivity index (χ2v) is 17.5. The first-order valence-corrected chi connectivity index (χ1v) is 19.9. The van der Waals surface area contributed by atoms with Gasteiger partial charge in [-0.15, -0.1) is 23.5 Å². The predicted octanol–water partition coefficient (Wildman–Crippen LogP) is 2.12. The van der Waals surface area contributed by atoms with E-state index >= 15 is 0 Å². The Labute approximate surface area is 293 Å². The molecule has 9 rings (SSSR count). The van der Waals surface area contributed by atoms with Crippen molar-refractivity contribution in [1.82, 2.24) is 24.2 Å². The number of nitrogens with one attached hydrogen (secondary N) is 1. The van der Waals surface area contributed by atoms with Crippen LogP contribution >= 0.6 is 45.1 Å². The molecule has 16 heteroatoms. The molecule has 6 aliphatic rings. The van der Waals surface area contributed by atoms with Gasteiger partial charge in [0.25, 0.3) is 23.6 Å². The number of carbonyl (C=O) groups is 4. The van der Waals surface area contributed by atoms with E-state index in [1.54, 1.807) is 38.6 Å². The highest BCUT2D eigenvalue weighted by Gasteiger charge is 2.78. The van der Waals surface area contributed by atoms with Gasteiger partial charge in [-0.2, -0.15) is 0 Å². The molecule has 0 saturated carbocycles. The van der Waals surface area contributed by atoms with Gasteiger partial charge in [0.2, 0.25) is 4.87 Å². The minimum Gasteiger partial charge on any atom is -0.392 e. The summed E-state index contributed by atoms with van der Waals surface area (Å²) in [5.74, 6) is -1.35. The maximum absolute atomic E-state index is 14.7. The van der Waals surface area contributed by atoms with Crippen molar-refractivity contribution < 1.29 is 29.4 Å². The van der Waals surface area contributed by atoms with Crippen LogP contribution in [0.3, 0.4) is 0 Å². The van der Waals surface area contributed by atoms with Gasteiger partial charge >= 0.3 is 0 Å². The summed E-state index contributed by atoms with van der Waals surface area (Å²) >= 11 is 2.36. The van der Waals surface area contributed by atoms with Gasteiger partial charge in [0, 0.05) is 61.5 Å². The van der Waals surface area contributed by atoms with Gasteiger partial charge in [-0.05, 0) is 35.4 Å². The lowest BCUT2D eigenvalue weighted by Gasteiger charge is -2.57. The van der Waals surface area contributed by atoms with Crippen molar-refractivity contribution in [2.24, 2.45) is 0 Å². The highest BCUT2D eigenvalue weighted by molar-refractivity contribution is 8.78. The number of aliphatic hydroxyl groups excluding tert-OH is 2. The van der Waals surface area contributed by atoms with Crippen molar-refractivity contribution in [1.29, 1.82) is 0 Å². The molecule has 4 amide bonds. The molecule has 1 aromatic heterocycles. The monoisotopic (exact) mass is 726 g/mol. The number of benzene rings is 2. The van der Waals surface area contributed by atoms with Crippen LogP contribution in [0.2, 0.25) is 0 Å². The molecule has 2 aromatic carbocycles. The number of anilines is 1. The van der Waals surface area contributed by atoms with Gasteiger partial charge < -0.3 is 34.8 Å². The number of likely N-dealkylation sites (N-methyl/N-ethyl adjacent to an activating group) is 3. The average Bonchev–Trinajstić information content (AvgIpc) is 3.74. The van der Waals surface area contributed by atoms with Crippen molar-refractivity contribution in [2.75, 3.05) is 52.2 Å². The van der Waals surface area contributed by atoms with E-state index in [1.165, 1.54) is 48.0 Å². The average molecular weight is 727 g/mol. The van der Waals surface area contributed by atoms with Crippen molar-refractivity contribution >= 4 is 85.3 Å². The van der Waals surface area contributed by atoms with Gasteiger partial charge in [-0.3, -0.25) is 24.1 Å². The Hall–Kier alpha value is -3.02. The van der Waals surface area contributed by atoms with Gasteiger partial charge in [-0.25, -0.2) is 0 Å². The molecule has 12 nitrogen and oxygen atoms in total. The number of rotatable bonds is 6. The third-order valence-electron chi connectivity index (χ3n) is 11.2. The molecular weight excluding hydrogens is 693 g/mol. The standard InChI is InChI=1S/C32H34N6O6S4/c1-34-24(41)29-15-28(19-11-7-8-12-21(19)33-23(28)38(29)26(43)31(34,17-40)48-47-29)37-14-20(18-10-6-9-13-22(18)37)32(46-5)27(44)35(2)30(16-39,45-4)25(42)36(32)3/h6-14,23,33,39-40H,15-17H2,1-5H3/t23?,28-,29-,30-,31-,32-/m0/s1. The summed E-state index contributed by atoms with van der Waals surface area (Å²) in [7, 11) is 7.28. The Morgan fingerprint density at radius 3 is 2.21 bits per heavy atom. The molecule has 252 valence electrons. The van der Waals surface area contributed by atoms with E-state index in [4.69, 9.17) is 0 Å². The van der Waals surface area contributed by atoms with E-state index in [1.807, 2.05) is 54.7 Å². The summed E-state index contributed by atoms with van der Waals surface area (Å²) < 4.78 is 2.09. The molecule has 1 spiro atoms. The number of fused-ring (bicyclic) bond motifs is 6. The molecule has 1 unspecified atom stereocenters. The first-order valence-electron chi connectivity index (χ1n) is 15.3. The second kappa shape index (κ2) is 10.3. The predicted molar refractivity (Wildman–Crippen MR) is 189 cm³/mol. The fourth-order valence-corrected chi connectivity index (χ4v) is 14.0. The quantitative estimate of drug-likeness (QED) is 0.322. The fraction of sp³-hybridized carbons (Fsp3) is 0.438. The molecule has 6 atom stereocenters. The van der Waals surface area contributed by atoms with Crippen LogP contribution in [0.15, 0.2) is 54.7 Å². The maximum atomic E-state index is 14.7. The Morgan fingerprint density at radius 2 is 1.52 bits per heavy atom. The molecule has 7 heterocycles. The third kappa shape index (κ3) is 3.28. The van der Waals surface area contributed by atoms with Crippen LogP contribution in [0.5, 0.6) is 0 Å². The number of carbonyl (C=O) groups excluding carboxylic acids is 4. The zero-order valence-corrected chi connectivity index (χ0v) is 30.1. The van der Waals surface area contributed by atoms with E-state index in [0.29, 0.717) is 5.56 Å². The molecule has 6 aliphatic heterocycles. The summed E-state index contributed by atoms with van der Waals surface area (Å²) in [6.45, 7) is -1.07. The molecule has 5 saturated heterocycles. The summed E-state index contributed by atoms with van der Waals surface area (Å²) in [5, 5.41) is 25.3. The van der Waals surface area contributed by atoms with Gasteiger partial charge in [0.15, 0.2) is 14.6 Å². The number of thioether (sulfide) groups is 2. The topological polar surface area (TPSA) is 139 Å². The zero-order chi connectivity index (χ0) is 34.2. The lowest BCUT2D eigenvalue weighted by Crippen LogP contribution is -2.77. The van der Waals surface area contributed by atoms with Crippen LogP contribution in [0, 0.1) is 0 Å². The Kier molecular flexibility index (Phi) is 6.88. The number of nitrogens with zero attached hydrogens (tertiary/aromatic N) is 5. The molecule has 2 bridgehead atoms. The number of piperazine rings is 2. The van der Waals surface area contributed by atoms with Crippen molar-refractivity contribution in [3.8, 4) is 0 Å². The highest BCUT2D eigenvalue weighted by atomic mass is 33.1. The maximum Gasteiger partial charge on any atom is 0.265 e. The van der Waals surface area contributed by atoms with Crippen LogP contribution < -0.4 is 5.32 Å². The summed E-state index contributed by atoms with van der Waals surface area (Å²) in [4.78, 5) is 57.9. The van der Waals surface area contributed by atoms with Crippen LogP contribution in [0.1, 0.15) is 17.5 Å². The number of para-hydroxylation sites is 2. The summed E-state index contributed by atoms with van der Waals surface area (Å²) in [6, 6.07) is 15.5. The molecule has 48 heavy (non-hydrogen) atoms. The van der Waals surface area contributed by atoms with E-state index in [9.17, 15) is 29.4 Å². The SMILES string of the molecule is CS[C@@]1(CO)C(=O)N(C)[C@](SC)(c2cn([C@]34C[C@@]56SS[C@@](CO)(C(=O)N5C3Nc3ccccc34)N(C)C6=O)c3ccccc23)C(=O)N1C. The molecule has 5 fully saturated rings. The van der Waals surface area contributed by atoms with Crippen molar-refractivity contribution in [3.05, 3.63) is 65.9 Å². The molecule has 0 radical (unpaired) electrons. The number of aliphatic hydroxyl groups is 2. The molecular formula is C32H34N6O6S4. The Bertz CT molecular complexity index is 1960. The second-order valence-electron chi connectivity index (χ2n) is 12.8. The first kappa shape index (κ1) is 32.2. The van der Waals surface area contributed by atoms with Crippen molar-refractivity contribution in [3.63, 3.8) is 0 Å². The normalized spacial score (nSPS) is 35.4.